The average Bonchev–Trinajstić information content (AvgIpc) is 3.02. The molecule has 1 atom stereocenters. The highest BCUT2D eigenvalue weighted by atomic mass is 16.6. The summed E-state index contributed by atoms with van der Waals surface area (Å²) in [5.74, 6) is 0.769. The summed E-state index contributed by atoms with van der Waals surface area (Å²) in [5, 5.41) is 0. The minimum absolute atomic E-state index is 0.0648. The Hall–Kier alpha value is -0.570. The lowest BCUT2D eigenvalue weighted by molar-refractivity contribution is -0.161. The molecule has 0 radical (unpaired) electrons. The number of rotatable bonds is 5. The van der Waals surface area contributed by atoms with Crippen LogP contribution in [0.2, 0.25) is 0 Å². The van der Waals surface area contributed by atoms with Crippen LogP contribution in [0.5, 0.6) is 0 Å². The molecule has 0 N–H and O–H groups in total. The third-order valence-corrected chi connectivity index (χ3v) is 3.43. The largest absolute Gasteiger partial charge is 0.459 e. The van der Waals surface area contributed by atoms with Gasteiger partial charge in [0.15, 0.2) is 0 Å². The number of hydrogen-bond acceptors (Lipinski definition) is 3. The quantitative estimate of drug-likeness (QED) is 0.691. The maximum absolute atomic E-state index is 12.1. The maximum atomic E-state index is 12.1. The van der Waals surface area contributed by atoms with E-state index in [1.165, 1.54) is 25.7 Å². The van der Waals surface area contributed by atoms with Gasteiger partial charge in [0.05, 0.1) is 0 Å². The summed E-state index contributed by atoms with van der Waals surface area (Å²) in [4.78, 5) is 14.4. The molecule has 17 heavy (non-hydrogen) atoms. The number of nitrogens with zero attached hydrogens (tertiary/aromatic N) is 1. The van der Waals surface area contributed by atoms with Crippen molar-refractivity contribution in [2.24, 2.45) is 5.92 Å². The fourth-order valence-electron chi connectivity index (χ4n) is 2.15. The smallest absolute Gasteiger partial charge is 0.323 e. The van der Waals surface area contributed by atoms with E-state index < -0.39 is 0 Å². The second-order valence-corrected chi connectivity index (χ2v) is 6.58. The van der Waals surface area contributed by atoms with E-state index in [1.54, 1.807) is 0 Å². The Balaban J connectivity index is 1.90. The van der Waals surface area contributed by atoms with Crippen LogP contribution in [0.25, 0.3) is 0 Å². The third kappa shape index (κ3) is 3.98. The molecule has 2 aliphatic rings. The number of hydrogen-bond donors (Lipinski definition) is 0. The zero-order valence-corrected chi connectivity index (χ0v) is 11.5. The molecule has 2 saturated carbocycles. The molecule has 0 spiro atoms. The zero-order chi connectivity index (χ0) is 12.6. The molecule has 0 amide bonds. The van der Waals surface area contributed by atoms with Crippen molar-refractivity contribution < 1.29 is 9.53 Å². The summed E-state index contributed by atoms with van der Waals surface area (Å²) in [7, 11) is 0. The Labute approximate surface area is 105 Å². The number of esters is 1. The highest BCUT2D eigenvalue weighted by molar-refractivity contribution is 5.75. The van der Waals surface area contributed by atoms with Gasteiger partial charge >= 0.3 is 5.97 Å². The lowest BCUT2D eigenvalue weighted by atomic mass is 10.2. The van der Waals surface area contributed by atoms with Crippen molar-refractivity contribution in [3.05, 3.63) is 0 Å². The highest BCUT2D eigenvalue weighted by Crippen LogP contribution is 2.36. The molecule has 0 bridgehead atoms. The zero-order valence-electron chi connectivity index (χ0n) is 11.5. The molecule has 0 aromatic carbocycles. The standard InChI is InChI=1S/C14H25NO2/c1-10(13(16)17-14(2,3)4)15(12-7-8-12)9-11-5-6-11/h10-12H,5-9H2,1-4H3. The van der Waals surface area contributed by atoms with Gasteiger partial charge in [0, 0.05) is 12.6 Å². The Morgan fingerprint density at radius 1 is 1.29 bits per heavy atom. The Morgan fingerprint density at radius 3 is 2.29 bits per heavy atom. The van der Waals surface area contributed by atoms with Gasteiger partial charge in [-0.15, -0.1) is 0 Å². The predicted octanol–water partition coefficient (Wildman–Crippen LogP) is 2.59. The van der Waals surface area contributed by atoms with Crippen molar-refractivity contribution in [2.45, 2.75) is 71.1 Å². The molecular weight excluding hydrogens is 214 g/mol. The Bertz CT molecular complexity index is 287. The molecule has 2 fully saturated rings. The van der Waals surface area contributed by atoms with Crippen molar-refractivity contribution in [3.8, 4) is 0 Å². The molecule has 0 saturated heterocycles. The number of carbonyl (C=O) groups excluding carboxylic acids is 1. The minimum atomic E-state index is -0.375. The van der Waals surface area contributed by atoms with E-state index in [1.807, 2.05) is 27.7 Å². The second kappa shape index (κ2) is 4.60. The van der Waals surface area contributed by atoms with E-state index in [0.29, 0.717) is 6.04 Å². The fraction of sp³-hybridized carbons (Fsp3) is 0.929. The normalized spacial score (nSPS) is 22.6. The molecule has 98 valence electrons. The molecule has 2 aliphatic carbocycles. The monoisotopic (exact) mass is 239 g/mol. The summed E-state index contributed by atoms with van der Waals surface area (Å²) >= 11 is 0. The first kappa shape index (κ1) is 12.9. The van der Waals surface area contributed by atoms with E-state index in [0.717, 1.165) is 12.5 Å². The van der Waals surface area contributed by atoms with Gasteiger partial charge in [-0.3, -0.25) is 9.69 Å². The van der Waals surface area contributed by atoms with Gasteiger partial charge in [-0.25, -0.2) is 0 Å². The SMILES string of the molecule is CC(C(=O)OC(C)(C)C)N(CC1CC1)C1CC1. The maximum Gasteiger partial charge on any atom is 0.323 e. The van der Waals surface area contributed by atoms with Gasteiger partial charge in [0.2, 0.25) is 0 Å². The number of ether oxygens (including phenoxy) is 1. The first-order valence-corrected chi connectivity index (χ1v) is 6.85. The van der Waals surface area contributed by atoms with E-state index in [-0.39, 0.29) is 17.6 Å². The van der Waals surface area contributed by atoms with Crippen molar-refractivity contribution in [1.82, 2.24) is 4.90 Å². The van der Waals surface area contributed by atoms with Gasteiger partial charge in [-0.2, -0.15) is 0 Å². The van der Waals surface area contributed by atoms with Gasteiger partial charge < -0.3 is 4.74 Å². The van der Waals surface area contributed by atoms with Gasteiger partial charge in [-0.05, 0) is 59.3 Å². The summed E-state index contributed by atoms with van der Waals surface area (Å²) in [6.07, 6.45) is 5.17. The Morgan fingerprint density at radius 2 is 1.88 bits per heavy atom. The lowest BCUT2D eigenvalue weighted by Crippen LogP contribution is -2.44. The van der Waals surface area contributed by atoms with Crippen LogP contribution in [-0.4, -0.2) is 35.1 Å². The summed E-state index contributed by atoms with van der Waals surface area (Å²) in [6.45, 7) is 8.87. The van der Waals surface area contributed by atoms with Gasteiger partial charge in [0.1, 0.15) is 11.6 Å². The molecule has 1 unspecified atom stereocenters. The van der Waals surface area contributed by atoms with E-state index >= 15 is 0 Å². The first-order valence-electron chi connectivity index (χ1n) is 6.85. The summed E-state index contributed by atoms with van der Waals surface area (Å²) < 4.78 is 5.48. The molecule has 0 aliphatic heterocycles. The van der Waals surface area contributed by atoms with Crippen LogP contribution in [0.15, 0.2) is 0 Å². The molecule has 3 nitrogen and oxygen atoms in total. The molecule has 0 aromatic rings. The van der Waals surface area contributed by atoms with E-state index in [2.05, 4.69) is 4.90 Å². The fourth-order valence-corrected chi connectivity index (χ4v) is 2.15. The van der Waals surface area contributed by atoms with Crippen molar-refractivity contribution in [1.29, 1.82) is 0 Å². The molecule has 2 rings (SSSR count). The van der Waals surface area contributed by atoms with Gasteiger partial charge in [-0.1, -0.05) is 0 Å². The van der Waals surface area contributed by atoms with Crippen LogP contribution >= 0.6 is 0 Å². The third-order valence-electron chi connectivity index (χ3n) is 3.43. The van der Waals surface area contributed by atoms with Crippen LogP contribution in [0.4, 0.5) is 0 Å². The average molecular weight is 239 g/mol. The van der Waals surface area contributed by atoms with Crippen LogP contribution in [0, 0.1) is 5.92 Å². The van der Waals surface area contributed by atoms with Crippen LogP contribution in [-0.2, 0) is 9.53 Å². The molecule has 0 aromatic heterocycles. The van der Waals surface area contributed by atoms with Crippen molar-refractivity contribution >= 4 is 5.97 Å². The first-order chi connectivity index (χ1) is 7.87. The minimum Gasteiger partial charge on any atom is -0.459 e. The summed E-state index contributed by atoms with van der Waals surface area (Å²) in [5.41, 5.74) is -0.375. The van der Waals surface area contributed by atoms with Gasteiger partial charge in [0.25, 0.3) is 0 Å². The van der Waals surface area contributed by atoms with E-state index in [4.69, 9.17) is 4.74 Å². The van der Waals surface area contributed by atoms with Crippen LogP contribution < -0.4 is 0 Å². The second-order valence-electron chi connectivity index (χ2n) is 6.58. The van der Waals surface area contributed by atoms with Crippen molar-refractivity contribution in [3.63, 3.8) is 0 Å². The lowest BCUT2D eigenvalue weighted by Gasteiger charge is -2.30. The number of carbonyl (C=O) groups is 1. The predicted molar refractivity (Wildman–Crippen MR) is 67.8 cm³/mol. The molecular formula is C14H25NO2. The highest BCUT2D eigenvalue weighted by Gasteiger charge is 2.39. The van der Waals surface area contributed by atoms with Crippen LogP contribution in [0.3, 0.4) is 0 Å². The summed E-state index contributed by atoms with van der Waals surface area (Å²) in [6, 6.07) is 0.556. The van der Waals surface area contributed by atoms with Crippen molar-refractivity contribution in [2.75, 3.05) is 6.54 Å². The molecule has 0 heterocycles. The Kier molecular flexibility index (Phi) is 3.48. The van der Waals surface area contributed by atoms with E-state index in [9.17, 15) is 4.79 Å². The molecule has 3 heteroatoms. The van der Waals surface area contributed by atoms with Crippen LogP contribution in [0.1, 0.15) is 53.4 Å². The topological polar surface area (TPSA) is 29.5 Å².